The zero-order valence-corrected chi connectivity index (χ0v) is 9.34. The molecule has 0 amide bonds. The van der Waals surface area contributed by atoms with Gasteiger partial charge in [0.15, 0.2) is 0 Å². The predicted octanol–water partition coefficient (Wildman–Crippen LogP) is 1.85. The lowest BCUT2D eigenvalue weighted by Gasteiger charge is -2.44. The van der Waals surface area contributed by atoms with E-state index in [1.54, 1.807) is 0 Å². The van der Waals surface area contributed by atoms with Crippen LogP contribution in [0.4, 0.5) is 0 Å². The summed E-state index contributed by atoms with van der Waals surface area (Å²) in [6, 6.07) is 0. The largest absolute Gasteiger partial charge is 0.329 e. The molecule has 0 saturated heterocycles. The molecule has 0 bridgehead atoms. The highest BCUT2D eigenvalue weighted by Gasteiger charge is 2.35. The minimum absolute atomic E-state index is 0.223. The number of nitrogens with two attached hydrogens (primary N) is 1. The van der Waals surface area contributed by atoms with E-state index in [1.165, 1.54) is 32.1 Å². The van der Waals surface area contributed by atoms with Crippen LogP contribution in [0.5, 0.6) is 0 Å². The second-order valence-electron chi connectivity index (χ2n) is 4.79. The summed E-state index contributed by atoms with van der Waals surface area (Å²) in [6.45, 7) is 3.09. The van der Waals surface area contributed by atoms with Gasteiger partial charge < -0.3 is 10.6 Å². The molecule has 2 heteroatoms. The number of rotatable bonds is 3. The van der Waals surface area contributed by atoms with Gasteiger partial charge in [0.05, 0.1) is 0 Å². The summed E-state index contributed by atoms with van der Waals surface area (Å²) in [5.74, 6) is 0.807. The summed E-state index contributed by atoms with van der Waals surface area (Å²) in [6.07, 6.45) is 6.95. The highest BCUT2D eigenvalue weighted by molar-refractivity contribution is 4.92. The van der Waals surface area contributed by atoms with Crippen molar-refractivity contribution >= 4 is 0 Å². The summed E-state index contributed by atoms with van der Waals surface area (Å²) in [4.78, 5) is 2.31. The Morgan fingerprint density at radius 2 is 1.77 bits per heavy atom. The first-order chi connectivity index (χ1) is 6.11. The molecule has 0 aromatic carbocycles. The molecule has 0 aliphatic heterocycles. The summed E-state index contributed by atoms with van der Waals surface area (Å²) >= 11 is 0. The fraction of sp³-hybridized carbons (Fsp3) is 1.00. The fourth-order valence-corrected chi connectivity index (χ4v) is 2.44. The SMILES string of the molecule is CN(C)C(C)(CN)C1CCCCC1. The highest BCUT2D eigenvalue weighted by atomic mass is 15.2. The maximum Gasteiger partial charge on any atom is 0.0325 e. The van der Waals surface area contributed by atoms with Gasteiger partial charge in [0.2, 0.25) is 0 Å². The Morgan fingerprint density at radius 1 is 1.23 bits per heavy atom. The van der Waals surface area contributed by atoms with Crippen molar-refractivity contribution in [2.24, 2.45) is 11.7 Å². The average Bonchev–Trinajstić information content (AvgIpc) is 2.17. The predicted molar refractivity (Wildman–Crippen MR) is 57.7 cm³/mol. The minimum atomic E-state index is 0.223. The zero-order valence-electron chi connectivity index (χ0n) is 9.34. The van der Waals surface area contributed by atoms with Crippen LogP contribution >= 0.6 is 0 Å². The summed E-state index contributed by atoms with van der Waals surface area (Å²) in [5, 5.41) is 0. The third kappa shape index (κ3) is 2.23. The third-order valence-electron chi connectivity index (χ3n) is 3.92. The van der Waals surface area contributed by atoms with Crippen molar-refractivity contribution in [2.75, 3.05) is 20.6 Å². The van der Waals surface area contributed by atoms with Crippen molar-refractivity contribution in [3.05, 3.63) is 0 Å². The van der Waals surface area contributed by atoms with Gasteiger partial charge in [0, 0.05) is 12.1 Å². The van der Waals surface area contributed by atoms with Crippen molar-refractivity contribution < 1.29 is 0 Å². The lowest BCUT2D eigenvalue weighted by molar-refractivity contribution is 0.0790. The van der Waals surface area contributed by atoms with E-state index in [2.05, 4.69) is 25.9 Å². The lowest BCUT2D eigenvalue weighted by Crippen LogP contribution is -2.53. The second kappa shape index (κ2) is 4.43. The molecule has 0 aromatic rings. The minimum Gasteiger partial charge on any atom is -0.329 e. The Hall–Kier alpha value is -0.0800. The molecule has 1 atom stereocenters. The van der Waals surface area contributed by atoms with Crippen LogP contribution in [0.15, 0.2) is 0 Å². The van der Waals surface area contributed by atoms with Crippen molar-refractivity contribution in [3.63, 3.8) is 0 Å². The average molecular weight is 184 g/mol. The number of hydrogen-bond donors (Lipinski definition) is 1. The molecule has 0 radical (unpaired) electrons. The Bertz CT molecular complexity index is 150. The van der Waals surface area contributed by atoms with Gasteiger partial charge in [-0.1, -0.05) is 19.3 Å². The standard InChI is InChI=1S/C11H24N2/c1-11(9-12,13(2)3)10-7-5-4-6-8-10/h10H,4-9,12H2,1-3H3. The van der Waals surface area contributed by atoms with Crippen molar-refractivity contribution in [3.8, 4) is 0 Å². The van der Waals surface area contributed by atoms with Gasteiger partial charge in [0.25, 0.3) is 0 Å². The second-order valence-corrected chi connectivity index (χ2v) is 4.79. The molecule has 1 fully saturated rings. The van der Waals surface area contributed by atoms with Crippen LogP contribution in [-0.2, 0) is 0 Å². The molecule has 1 rings (SSSR count). The van der Waals surface area contributed by atoms with E-state index in [1.807, 2.05) is 0 Å². The maximum absolute atomic E-state index is 5.90. The molecule has 1 aliphatic carbocycles. The van der Waals surface area contributed by atoms with Gasteiger partial charge in [-0.25, -0.2) is 0 Å². The van der Waals surface area contributed by atoms with Crippen molar-refractivity contribution in [1.29, 1.82) is 0 Å². The summed E-state index contributed by atoms with van der Waals surface area (Å²) < 4.78 is 0. The van der Waals surface area contributed by atoms with E-state index in [4.69, 9.17) is 5.73 Å². The smallest absolute Gasteiger partial charge is 0.0325 e. The van der Waals surface area contributed by atoms with Gasteiger partial charge in [0.1, 0.15) is 0 Å². The van der Waals surface area contributed by atoms with Gasteiger partial charge in [-0.3, -0.25) is 0 Å². The molecular formula is C11H24N2. The molecule has 1 saturated carbocycles. The van der Waals surface area contributed by atoms with Crippen LogP contribution in [-0.4, -0.2) is 31.1 Å². The lowest BCUT2D eigenvalue weighted by atomic mass is 9.75. The molecule has 1 unspecified atom stereocenters. The molecule has 0 aromatic heterocycles. The first kappa shape index (κ1) is 11.0. The van der Waals surface area contributed by atoms with E-state index in [0.717, 1.165) is 12.5 Å². The topological polar surface area (TPSA) is 29.3 Å². The summed E-state index contributed by atoms with van der Waals surface area (Å²) in [7, 11) is 4.31. The molecule has 0 spiro atoms. The van der Waals surface area contributed by atoms with E-state index in [0.29, 0.717) is 0 Å². The highest BCUT2D eigenvalue weighted by Crippen LogP contribution is 2.34. The normalized spacial score (nSPS) is 24.7. The van der Waals surface area contributed by atoms with E-state index in [9.17, 15) is 0 Å². The van der Waals surface area contributed by atoms with Gasteiger partial charge in [-0.05, 0) is 39.8 Å². The zero-order chi connectivity index (χ0) is 9.90. The molecule has 2 N–H and O–H groups in total. The maximum atomic E-state index is 5.90. The molecule has 78 valence electrons. The molecule has 1 aliphatic rings. The molecule has 13 heavy (non-hydrogen) atoms. The van der Waals surface area contributed by atoms with Gasteiger partial charge >= 0.3 is 0 Å². The van der Waals surface area contributed by atoms with Crippen LogP contribution < -0.4 is 5.73 Å². The quantitative estimate of drug-likeness (QED) is 0.725. The van der Waals surface area contributed by atoms with Crippen molar-refractivity contribution in [2.45, 2.75) is 44.6 Å². The molecule has 0 heterocycles. The van der Waals surface area contributed by atoms with Crippen LogP contribution in [0.25, 0.3) is 0 Å². The van der Waals surface area contributed by atoms with Crippen molar-refractivity contribution in [1.82, 2.24) is 4.90 Å². The number of nitrogens with zero attached hydrogens (tertiary/aromatic N) is 1. The number of likely N-dealkylation sites (N-methyl/N-ethyl adjacent to an activating group) is 1. The fourth-order valence-electron chi connectivity index (χ4n) is 2.44. The number of hydrogen-bond acceptors (Lipinski definition) is 2. The third-order valence-corrected chi connectivity index (χ3v) is 3.92. The van der Waals surface area contributed by atoms with Crippen LogP contribution in [0.1, 0.15) is 39.0 Å². The van der Waals surface area contributed by atoms with Crippen LogP contribution in [0.3, 0.4) is 0 Å². The molecule has 2 nitrogen and oxygen atoms in total. The monoisotopic (exact) mass is 184 g/mol. The van der Waals surface area contributed by atoms with Crippen LogP contribution in [0.2, 0.25) is 0 Å². The van der Waals surface area contributed by atoms with E-state index >= 15 is 0 Å². The van der Waals surface area contributed by atoms with Crippen LogP contribution in [0, 0.1) is 5.92 Å². The molecular weight excluding hydrogens is 160 g/mol. The Morgan fingerprint density at radius 3 is 2.15 bits per heavy atom. The Balaban J connectivity index is 2.62. The Labute approximate surface area is 82.5 Å². The van der Waals surface area contributed by atoms with E-state index in [-0.39, 0.29) is 5.54 Å². The van der Waals surface area contributed by atoms with Gasteiger partial charge in [-0.15, -0.1) is 0 Å². The first-order valence-corrected chi connectivity index (χ1v) is 5.49. The summed E-state index contributed by atoms with van der Waals surface area (Å²) in [5.41, 5.74) is 6.12. The van der Waals surface area contributed by atoms with E-state index < -0.39 is 0 Å². The van der Waals surface area contributed by atoms with Gasteiger partial charge in [-0.2, -0.15) is 0 Å². The first-order valence-electron chi connectivity index (χ1n) is 5.49. The Kier molecular flexibility index (Phi) is 3.74.